The standard InChI is InChI=1S/C14H14Cl2N2/c1-10(8-11-2-4-12(15)5-3-11)18-14-9-17-7-6-13(14)16/h2-7,9-10,18H,8H2,1H3. The molecule has 2 nitrogen and oxygen atoms in total. The van der Waals surface area contributed by atoms with Crippen LogP contribution >= 0.6 is 23.2 Å². The molecule has 0 aliphatic rings. The molecule has 0 saturated heterocycles. The molecule has 1 aromatic carbocycles. The van der Waals surface area contributed by atoms with E-state index < -0.39 is 0 Å². The second-order valence-electron chi connectivity index (χ2n) is 4.23. The summed E-state index contributed by atoms with van der Waals surface area (Å²) in [6.07, 6.45) is 4.32. The number of anilines is 1. The number of hydrogen-bond acceptors (Lipinski definition) is 2. The van der Waals surface area contributed by atoms with Crippen LogP contribution in [-0.2, 0) is 6.42 Å². The minimum Gasteiger partial charge on any atom is -0.380 e. The molecule has 0 radical (unpaired) electrons. The van der Waals surface area contributed by atoms with E-state index in [9.17, 15) is 0 Å². The van der Waals surface area contributed by atoms with Gasteiger partial charge in [-0.25, -0.2) is 0 Å². The SMILES string of the molecule is CC(Cc1ccc(Cl)cc1)Nc1cnccc1Cl. The van der Waals surface area contributed by atoms with Crippen molar-refractivity contribution >= 4 is 28.9 Å². The van der Waals surface area contributed by atoms with E-state index in [-0.39, 0.29) is 6.04 Å². The second-order valence-corrected chi connectivity index (χ2v) is 5.08. The molecule has 0 amide bonds. The normalized spacial score (nSPS) is 12.2. The van der Waals surface area contributed by atoms with Gasteiger partial charge in [0.1, 0.15) is 0 Å². The molecular weight excluding hydrogens is 267 g/mol. The van der Waals surface area contributed by atoms with Crippen LogP contribution in [0.15, 0.2) is 42.7 Å². The molecule has 0 aliphatic heterocycles. The van der Waals surface area contributed by atoms with Crippen LogP contribution < -0.4 is 5.32 Å². The summed E-state index contributed by atoms with van der Waals surface area (Å²) >= 11 is 11.9. The highest BCUT2D eigenvalue weighted by atomic mass is 35.5. The third-order valence-corrected chi connectivity index (χ3v) is 3.21. The van der Waals surface area contributed by atoms with Gasteiger partial charge in [-0.3, -0.25) is 4.98 Å². The van der Waals surface area contributed by atoms with Crippen molar-refractivity contribution in [2.75, 3.05) is 5.32 Å². The summed E-state index contributed by atoms with van der Waals surface area (Å²) in [6.45, 7) is 2.11. The lowest BCUT2D eigenvalue weighted by Crippen LogP contribution is -2.18. The van der Waals surface area contributed by atoms with Gasteiger partial charge < -0.3 is 5.32 Å². The average Bonchev–Trinajstić information content (AvgIpc) is 2.35. The van der Waals surface area contributed by atoms with Crippen molar-refractivity contribution in [3.05, 3.63) is 58.3 Å². The van der Waals surface area contributed by atoms with Gasteiger partial charge in [0.15, 0.2) is 0 Å². The molecule has 1 heterocycles. The first-order chi connectivity index (χ1) is 8.65. The molecule has 1 N–H and O–H groups in total. The Morgan fingerprint density at radius 3 is 2.56 bits per heavy atom. The van der Waals surface area contributed by atoms with Crippen LogP contribution in [0.1, 0.15) is 12.5 Å². The summed E-state index contributed by atoms with van der Waals surface area (Å²) in [7, 11) is 0. The Morgan fingerprint density at radius 1 is 1.17 bits per heavy atom. The largest absolute Gasteiger partial charge is 0.380 e. The third-order valence-electron chi connectivity index (χ3n) is 2.62. The minimum absolute atomic E-state index is 0.271. The summed E-state index contributed by atoms with van der Waals surface area (Å²) in [5.74, 6) is 0. The predicted molar refractivity (Wildman–Crippen MR) is 77.5 cm³/mol. The highest BCUT2D eigenvalue weighted by Crippen LogP contribution is 2.21. The summed E-state index contributed by atoms with van der Waals surface area (Å²) in [4.78, 5) is 4.05. The maximum Gasteiger partial charge on any atom is 0.0718 e. The fourth-order valence-electron chi connectivity index (χ4n) is 1.77. The van der Waals surface area contributed by atoms with E-state index in [0.717, 1.165) is 17.1 Å². The molecule has 4 heteroatoms. The number of pyridine rings is 1. The first-order valence-corrected chi connectivity index (χ1v) is 6.51. The van der Waals surface area contributed by atoms with Crippen molar-refractivity contribution in [1.82, 2.24) is 4.98 Å². The molecule has 94 valence electrons. The minimum atomic E-state index is 0.271. The van der Waals surface area contributed by atoms with E-state index in [2.05, 4.69) is 17.2 Å². The van der Waals surface area contributed by atoms with Gasteiger partial charge in [0, 0.05) is 17.3 Å². The van der Waals surface area contributed by atoms with E-state index in [0.29, 0.717) is 5.02 Å². The quantitative estimate of drug-likeness (QED) is 0.896. The van der Waals surface area contributed by atoms with Crippen molar-refractivity contribution in [3.63, 3.8) is 0 Å². The molecule has 0 aliphatic carbocycles. The van der Waals surface area contributed by atoms with Gasteiger partial charge in [-0.05, 0) is 37.1 Å². The Balaban J connectivity index is 1.99. The predicted octanol–water partition coefficient (Wildman–Crippen LogP) is 4.43. The number of benzene rings is 1. The van der Waals surface area contributed by atoms with Crippen LogP contribution in [0.4, 0.5) is 5.69 Å². The van der Waals surface area contributed by atoms with Crippen LogP contribution in [-0.4, -0.2) is 11.0 Å². The number of nitrogens with zero attached hydrogens (tertiary/aromatic N) is 1. The summed E-state index contributed by atoms with van der Waals surface area (Å²) in [5.41, 5.74) is 2.10. The second kappa shape index (κ2) is 6.07. The van der Waals surface area contributed by atoms with E-state index in [4.69, 9.17) is 23.2 Å². The average molecular weight is 281 g/mol. The molecule has 1 atom stereocenters. The number of nitrogens with one attached hydrogen (secondary N) is 1. The molecule has 18 heavy (non-hydrogen) atoms. The molecule has 1 aromatic heterocycles. The zero-order valence-electron chi connectivity index (χ0n) is 10.0. The van der Waals surface area contributed by atoms with E-state index >= 15 is 0 Å². The summed E-state index contributed by atoms with van der Waals surface area (Å²) < 4.78 is 0. The first-order valence-electron chi connectivity index (χ1n) is 5.75. The van der Waals surface area contributed by atoms with Crippen LogP contribution in [0, 0.1) is 0 Å². The van der Waals surface area contributed by atoms with Crippen molar-refractivity contribution in [2.45, 2.75) is 19.4 Å². The molecule has 2 rings (SSSR count). The Morgan fingerprint density at radius 2 is 1.89 bits per heavy atom. The van der Waals surface area contributed by atoms with Gasteiger partial charge in [-0.15, -0.1) is 0 Å². The maximum absolute atomic E-state index is 6.07. The number of hydrogen-bond donors (Lipinski definition) is 1. The number of aromatic nitrogens is 1. The molecule has 0 spiro atoms. The Hall–Kier alpha value is -1.25. The van der Waals surface area contributed by atoms with Crippen LogP contribution in [0.25, 0.3) is 0 Å². The molecule has 0 saturated carbocycles. The molecular formula is C14H14Cl2N2. The van der Waals surface area contributed by atoms with Crippen molar-refractivity contribution in [2.24, 2.45) is 0 Å². The van der Waals surface area contributed by atoms with Gasteiger partial charge in [-0.2, -0.15) is 0 Å². The Kier molecular flexibility index (Phi) is 4.45. The molecule has 1 unspecified atom stereocenters. The van der Waals surface area contributed by atoms with E-state index in [1.807, 2.05) is 24.3 Å². The zero-order chi connectivity index (χ0) is 13.0. The van der Waals surface area contributed by atoms with Crippen molar-refractivity contribution in [1.29, 1.82) is 0 Å². The van der Waals surface area contributed by atoms with Gasteiger partial charge in [-0.1, -0.05) is 35.3 Å². The zero-order valence-corrected chi connectivity index (χ0v) is 11.5. The van der Waals surface area contributed by atoms with Gasteiger partial charge in [0.25, 0.3) is 0 Å². The number of halogens is 2. The van der Waals surface area contributed by atoms with Crippen LogP contribution in [0.3, 0.4) is 0 Å². The molecule has 0 bridgehead atoms. The summed E-state index contributed by atoms with van der Waals surface area (Å²) in [5, 5.41) is 4.79. The summed E-state index contributed by atoms with van der Waals surface area (Å²) in [6, 6.07) is 9.92. The highest BCUT2D eigenvalue weighted by molar-refractivity contribution is 6.33. The van der Waals surface area contributed by atoms with Gasteiger partial charge >= 0.3 is 0 Å². The van der Waals surface area contributed by atoms with E-state index in [1.165, 1.54) is 5.56 Å². The van der Waals surface area contributed by atoms with Gasteiger partial charge in [0.2, 0.25) is 0 Å². The lowest BCUT2D eigenvalue weighted by molar-refractivity contribution is 0.789. The lowest BCUT2D eigenvalue weighted by Gasteiger charge is -2.16. The topological polar surface area (TPSA) is 24.9 Å². The Labute approximate surface area is 117 Å². The lowest BCUT2D eigenvalue weighted by atomic mass is 10.1. The van der Waals surface area contributed by atoms with Crippen LogP contribution in [0.2, 0.25) is 10.0 Å². The third kappa shape index (κ3) is 3.62. The fourth-order valence-corrected chi connectivity index (χ4v) is 2.06. The molecule has 0 fully saturated rings. The fraction of sp³-hybridized carbons (Fsp3) is 0.214. The van der Waals surface area contributed by atoms with Crippen molar-refractivity contribution in [3.8, 4) is 0 Å². The van der Waals surface area contributed by atoms with Gasteiger partial charge in [0.05, 0.1) is 16.9 Å². The smallest absolute Gasteiger partial charge is 0.0718 e. The highest BCUT2D eigenvalue weighted by Gasteiger charge is 2.06. The number of rotatable bonds is 4. The maximum atomic E-state index is 6.07. The van der Waals surface area contributed by atoms with E-state index in [1.54, 1.807) is 18.5 Å². The van der Waals surface area contributed by atoms with Crippen LogP contribution in [0.5, 0.6) is 0 Å². The molecule has 2 aromatic rings. The first kappa shape index (κ1) is 13.2. The van der Waals surface area contributed by atoms with Crippen molar-refractivity contribution < 1.29 is 0 Å². The monoisotopic (exact) mass is 280 g/mol. The Bertz CT molecular complexity index is 511.